The van der Waals surface area contributed by atoms with Crippen LogP contribution in [-0.2, 0) is 19.6 Å². The largest absolute Gasteiger partial charge is 0.364 e. The molecule has 25 heavy (non-hydrogen) atoms. The molecule has 2 atom stereocenters. The summed E-state index contributed by atoms with van der Waals surface area (Å²) in [4.78, 5) is 14.5. The maximum Gasteiger partial charge on any atom is 0.251 e. The van der Waals surface area contributed by atoms with Crippen LogP contribution in [0.5, 0.6) is 0 Å². The second kappa shape index (κ2) is 8.46. The first-order valence-electron chi connectivity index (χ1n) is 8.22. The van der Waals surface area contributed by atoms with E-state index >= 15 is 0 Å². The summed E-state index contributed by atoms with van der Waals surface area (Å²) < 4.78 is 32.2. The zero-order valence-corrected chi connectivity index (χ0v) is 15.5. The molecule has 1 aromatic carbocycles. The third kappa shape index (κ3) is 4.32. The van der Waals surface area contributed by atoms with Crippen molar-refractivity contribution in [2.24, 2.45) is 5.73 Å². The lowest BCUT2D eigenvalue weighted by Crippen LogP contribution is -2.52. The van der Waals surface area contributed by atoms with E-state index < -0.39 is 16.1 Å². The molecule has 0 unspecified atom stereocenters. The molecule has 2 aliphatic rings. The summed E-state index contributed by atoms with van der Waals surface area (Å²) in [6, 6.07) is 8.38. The number of hydrogen-bond acceptors (Lipinski definition) is 5. The van der Waals surface area contributed by atoms with Gasteiger partial charge in [0.15, 0.2) is 0 Å². The maximum atomic E-state index is 12.6. The third-order valence-corrected chi connectivity index (χ3v) is 6.49. The first-order valence-corrected chi connectivity index (χ1v) is 9.66. The number of nitrogens with zero attached hydrogens (tertiary/aromatic N) is 2. The van der Waals surface area contributed by atoms with Crippen LogP contribution in [0.3, 0.4) is 0 Å². The van der Waals surface area contributed by atoms with Crippen molar-refractivity contribution in [3.8, 4) is 0 Å². The molecule has 2 saturated heterocycles. The number of halogens is 1. The molecule has 0 aromatic heterocycles. The normalized spacial score (nSPS) is 24.8. The van der Waals surface area contributed by atoms with Gasteiger partial charge in [-0.3, -0.25) is 4.79 Å². The number of nitrogens with two attached hydrogens (primary N) is 1. The molecule has 3 rings (SSSR count). The fraction of sp³-hybridized carbons (Fsp3) is 0.562. The van der Waals surface area contributed by atoms with Gasteiger partial charge in [0.1, 0.15) is 6.10 Å². The van der Waals surface area contributed by atoms with E-state index in [2.05, 4.69) is 0 Å². The van der Waals surface area contributed by atoms with E-state index in [1.165, 1.54) is 4.31 Å². The Bertz CT molecular complexity index is 678. The van der Waals surface area contributed by atoms with Gasteiger partial charge < -0.3 is 15.4 Å². The van der Waals surface area contributed by atoms with E-state index in [1.807, 2.05) is 0 Å². The quantitative estimate of drug-likeness (QED) is 0.806. The molecule has 7 nitrogen and oxygen atoms in total. The van der Waals surface area contributed by atoms with Crippen LogP contribution in [0.25, 0.3) is 0 Å². The highest BCUT2D eigenvalue weighted by atomic mass is 35.5. The van der Waals surface area contributed by atoms with Crippen molar-refractivity contribution in [3.05, 3.63) is 30.3 Å². The maximum absolute atomic E-state index is 12.6. The molecule has 0 radical (unpaired) electrons. The summed E-state index contributed by atoms with van der Waals surface area (Å²) >= 11 is 0. The van der Waals surface area contributed by atoms with Crippen LogP contribution in [0.1, 0.15) is 12.8 Å². The third-order valence-electron chi connectivity index (χ3n) is 4.58. The Morgan fingerprint density at radius 2 is 1.76 bits per heavy atom. The minimum atomic E-state index is -3.50. The molecule has 0 aliphatic carbocycles. The molecule has 2 fully saturated rings. The minimum absolute atomic E-state index is 0. The molecule has 9 heteroatoms. The van der Waals surface area contributed by atoms with Crippen molar-refractivity contribution in [1.29, 1.82) is 0 Å². The average molecular weight is 390 g/mol. The van der Waals surface area contributed by atoms with Crippen LogP contribution in [0.4, 0.5) is 0 Å². The fourth-order valence-corrected chi connectivity index (χ4v) is 4.60. The standard InChI is InChI=1S/C16H23N3O4S.ClH/c17-12-13-6-7-15(23-13)16(20)18-8-10-19(11-9-18)24(21,22)14-4-2-1-3-5-14;/h1-5,13,15H,6-12,17H2;1H/t13-,15+;/m1./s1. The second-order valence-electron chi connectivity index (χ2n) is 6.10. The van der Waals surface area contributed by atoms with E-state index in [-0.39, 0.29) is 29.3 Å². The lowest BCUT2D eigenvalue weighted by atomic mass is 10.1. The van der Waals surface area contributed by atoms with Crippen molar-refractivity contribution in [3.63, 3.8) is 0 Å². The highest BCUT2D eigenvalue weighted by Gasteiger charge is 2.36. The first kappa shape index (κ1) is 20.1. The lowest BCUT2D eigenvalue weighted by Gasteiger charge is -2.35. The van der Waals surface area contributed by atoms with Gasteiger partial charge in [0.05, 0.1) is 11.0 Å². The van der Waals surface area contributed by atoms with Crippen LogP contribution in [0.2, 0.25) is 0 Å². The van der Waals surface area contributed by atoms with Gasteiger partial charge in [0.25, 0.3) is 5.91 Å². The minimum Gasteiger partial charge on any atom is -0.364 e. The molecule has 2 aliphatic heterocycles. The Kier molecular flexibility index (Phi) is 6.81. The molecule has 1 aromatic rings. The first-order chi connectivity index (χ1) is 11.5. The number of carbonyl (C=O) groups is 1. The van der Waals surface area contributed by atoms with Crippen molar-refractivity contribution in [2.45, 2.75) is 29.9 Å². The number of amides is 1. The summed E-state index contributed by atoms with van der Waals surface area (Å²) in [7, 11) is -3.50. The van der Waals surface area contributed by atoms with Gasteiger partial charge in [-0.15, -0.1) is 12.4 Å². The Hall–Kier alpha value is -1.19. The number of sulfonamides is 1. The lowest BCUT2D eigenvalue weighted by molar-refractivity contribution is -0.143. The predicted octanol–water partition coefficient (Wildman–Crippen LogP) is 0.448. The van der Waals surface area contributed by atoms with E-state index in [9.17, 15) is 13.2 Å². The van der Waals surface area contributed by atoms with E-state index in [0.717, 1.165) is 6.42 Å². The van der Waals surface area contributed by atoms with Crippen LogP contribution in [0, 0.1) is 0 Å². The van der Waals surface area contributed by atoms with Gasteiger partial charge >= 0.3 is 0 Å². The van der Waals surface area contributed by atoms with E-state index in [1.54, 1.807) is 35.2 Å². The van der Waals surface area contributed by atoms with Gasteiger partial charge in [0.2, 0.25) is 10.0 Å². The number of hydrogen-bond donors (Lipinski definition) is 1. The fourth-order valence-electron chi connectivity index (χ4n) is 3.15. The average Bonchev–Trinajstić information content (AvgIpc) is 3.11. The number of rotatable bonds is 4. The van der Waals surface area contributed by atoms with Crippen LogP contribution in [0.15, 0.2) is 35.2 Å². The van der Waals surface area contributed by atoms with Crippen molar-refractivity contribution in [2.75, 3.05) is 32.7 Å². The van der Waals surface area contributed by atoms with Crippen LogP contribution in [-0.4, -0.2) is 68.5 Å². The number of ether oxygens (including phenoxy) is 1. The van der Waals surface area contributed by atoms with Gasteiger partial charge in [0, 0.05) is 32.7 Å². The predicted molar refractivity (Wildman–Crippen MR) is 96.0 cm³/mol. The molecular formula is C16H24ClN3O4S. The molecular weight excluding hydrogens is 366 g/mol. The van der Waals surface area contributed by atoms with Gasteiger partial charge in [-0.1, -0.05) is 18.2 Å². The van der Waals surface area contributed by atoms with Gasteiger partial charge in [-0.2, -0.15) is 4.31 Å². The van der Waals surface area contributed by atoms with Gasteiger partial charge in [-0.25, -0.2) is 8.42 Å². The Morgan fingerprint density at radius 3 is 2.32 bits per heavy atom. The molecule has 2 heterocycles. The molecule has 140 valence electrons. The highest BCUT2D eigenvalue weighted by Crippen LogP contribution is 2.22. The summed E-state index contributed by atoms with van der Waals surface area (Å²) in [5.41, 5.74) is 5.57. The number of benzene rings is 1. The van der Waals surface area contributed by atoms with E-state index in [4.69, 9.17) is 10.5 Å². The summed E-state index contributed by atoms with van der Waals surface area (Å²) in [6.45, 7) is 1.80. The van der Waals surface area contributed by atoms with E-state index in [0.29, 0.717) is 39.1 Å². The van der Waals surface area contributed by atoms with Crippen molar-refractivity contribution in [1.82, 2.24) is 9.21 Å². The summed E-state index contributed by atoms with van der Waals surface area (Å²) in [5.74, 6) is -0.0530. The Morgan fingerprint density at radius 1 is 1.12 bits per heavy atom. The van der Waals surface area contributed by atoms with Crippen LogP contribution >= 0.6 is 12.4 Å². The Balaban J connectivity index is 0.00000225. The summed E-state index contributed by atoms with van der Waals surface area (Å²) in [5, 5.41) is 0. The van der Waals surface area contributed by atoms with Crippen molar-refractivity contribution >= 4 is 28.3 Å². The summed E-state index contributed by atoms with van der Waals surface area (Å²) in [6.07, 6.45) is 1.01. The Labute approximate surface area is 154 Å². The smallest absolute Gasteiger partial charge is 0.251 e. The monoisotopic (exact) mass is 389 g/mol. The zero-order valence-electron chi connectivity index (χ0n) is 13.9. The molecule has 0 spiro atoms. The van der Waals surface area contributed by atoms with Gasteiger partial charge in [-0.05, 0) is 25.0 Å². The molecule has 2 N–H and O–H groups in total. The SMILES string of the molecule is Cl.NC[C@H]1CC[C@@H](C(=O)N2CCN(S(=O)(=O)c3ccccc3)CC2)O1. The number of carbonyl (C=O) groups excluding carboxylic acids is 1. The number of piperazine rings is 1. The second-order valence-corrected chi connectivity index (χ2v) is 8.04. The molecule has 0 bridgehead atoms. The van der Waals surface area contributed by atoms with Crippen molar-refractivity contribution < 1.29 is 17.9 Å². The molecule has 0 saturated carbocycles. The zero-order chi connectivity index (χ0) is 17.2. The van der Waals surface area contributed by atoms with Crippen LogP contribution < -0.4 is 5.73 Å². The highest BCUT2D eigenvalue weighted by molar-refractivity contribution is 7.89. The topological polar surface area (TPSA) is 92.9 Å². The molecule has 1 amide bonds.